The number of carboxylic acids is 2. The van der Waals surface area contributed by atoms with Crippen LogP contribution in [0.25, 0.3) is 0 Å². The summed E-state index contributed by atoms with van der Waals surface area (Å²) >= 11 is 0. The van der Waals surface area contributed by atoms with Crippen molar-refractivity contribution in [2.45, 2.75) is 0 Å². The van der Waals surface area contributed by atoms with Gasteiger partial charge in [-0.05, 0) is 0 Å². The number of hydrogen-bond donors (Lipinski definition) is 3. The molecule has 0 saturated carbocycles. The van der Waals surface area contributed by atoms with E-state index in [-0.39, 0.29) is 50.8 Å². The van der Waals surface area contributed by atoms with E-state index < -0.39 is 11.9 Å². The monoisotopic (exact) mass is 173 g/mol. The first-order valence-electron chi connectivity index (χ1n) is 2.27. The SMILES string of the molecule is O=C(O)CNCC(=O)O.[Ca]. The molecule has 0 atom stereocenters. The maximum atomic E-state index is 9.73. The third-order valence-corrected chi connectivity index (χ3v) is 0.552. The minimum absolute atomic E-state index is 0. The molecule has 0 aromatic rings. The molecule has 0 aliphatic carbocycles. The van der Waals surface area contributed by atoms with Gasteiger partial charge in [-0.15, -0.1) is 0 Å². The van der Waals surface area contributed by atoms with Gasteiger partial charge in [0.15, 0.2) is 0 Å². The van der Waals surface area contributed by atoms with Crippen molar-refractivity contribution in [3.8, 4) is 0 Å². The Morgan fingerprint density at radius 3 is 1.60 bits per heavy atom. The molecule has 0 aliphatic heterocycles. The van der Waals surface area contributed by atoms with Gasteiger partial charge in [0, 0.05) is 37.7 Å². The van der Waals surface area contributed by atoms with Crippen LogP contribution in [0.2, 0.25) is 0 Å². The predicted molar refractivity (Wildman–Crippen MR) is 33.9 cm³/mol. The molecule has 0 rings (SSSR count). The largest absolute Gasteiger partial charge is 0.480 e. The summed E-state index contributed by atoms with van der Waals surface area (Å²) in [5.41, 5.74) is 0. The van der Waals surface area contributed by atoms with Crippen molar-refractivity contribution in [2.24, 2.45) is 0 Å². The number of rotatable bonds is 4. The Balaban J connectivity index is 0. The zero-order chi connectivity index (χ0) is 7.28. The Hall–Kier alpha value is 0.160. The summed E-state index contributed by atoms with van der Waals surface area (Å²) in [4.78, 5) is 19.5. The first-order chi connectivity index (χ1) is 4.13. The van der Waals surface area contributed by atoms with E-state index in [0.717, 1.165) is 0 Å². The van der Waals surface area contributed by atoms with Gasteiger partial charge in [-0.25, -0.2) is 0 Å². The molecular weight excluding hydrogens is 166 g/mol. The van der Waals surface area contributed by atoms with Crippen LogP contribution in [0.15, 0.2) is 0 Å². The minimum atomic E-state index is -1.06. The average Bonchev–Trinajstić information content (AvgIpc) is 1.63. The van der Waals surface area contributed by atoms with Gasteiger partial charge in [-0.2, -0.15) is 0 Å². The maximum absolute atomic E-state index is 9.73. The topological polar surface area (TPSA) is 86.6 Å². The second kappa shape index (κ2) is 7.27. The Bertz CT molecular complexity index is 112. The van der Waals surface area contributed by atoms with E-state index in [9.17, 15) is 9.59 Å². The fraction of sp³-hybridized carbons (Fsp3) is 0.500. The van der Waals surface area contributed by atoms with Crippen molar-refractivity contribution < 1.29 is 19.8 Å². The van der Waals surface area contributed by atoms with Gasteiger partial charge >= 0.3 is 11.9 Å². The second-order valence-electron chi connectivity index (χ2n) is 1.39. The van der Waals surface area contributed by atoms with Crippen molar-refractivity contribution in [2.75, 3.05) is 13.1 Å². The van der Waals surface area contributed by atoms with Crippen LogP contribution in [0, 0.1) is 0 Å². The van der Waals surface area contributed by atoms with E-state index in [2.05, 4.69) is 5.32 Å². The summed E-state index contributed by atoms with van der Waals surface area (Å²) in [6.07, 6.45) is 0. The van der Waals surface area contributed by atoms with Gasteiger partial charge in [0.05, 0.1) is 13.1 Å². The van der Waals surface area contributed by atoms with Crippen molar-refractivity contribution in [1.82, 2.24) is 5.32 Å². The molecule has 0 amide bonds. The first-order valence-corrected chi connectivity index (χ1v) is 2.27. The van der Waals surface area contributed by atoms with Crippen molar-refractivity contribution in [1.29, 1.82) is 0 Å². The van der Waals surface area contributed by atoms with Crippen LogP contribution in [0.3, 0.4) is 0 Å². The normalized spacial score (nSPS) is 8.00. The van der Waals surface area contributed by atoms with Crippen LogP contribution in [-0.4, -0.2) is 73.0 Å². The van der Waals surface area contributed by atoms with Gasteiger partial charge in [0.1, 0.15) is 0 Å². The van der Waals surface area contributed by atoms with Crippen LogP contribution in [0.4, 0.5) is 0 Å². The number of carbonyl (C=O) groups is 2. The predicted octanol–water partition coefficient (Wildman–Crippen LogP) is -1.64. The van der Waals surface area contributed by atoms with Gasteiger partial charge < -0.3 is 10.2 Å². The van der Waals surface area contributed by atoms with Gasteiger partial charge in [0.2, 0.25) is 0 Å². The Labute approximate surface area is 87.4 Å². The number of carboxylic acid groups (broad SMARTS) is 2. The molecule has 2 radical (unpaired) electrons. The van der Waals surface area contributed by atoms with E-state index in [1.54, 1.807) is 0 Å². The van der Waals surface area contributed by atoms with E-state index in [4.69, 9.17) is 10.2 Å². The summed E-state index contributed by atoms with van der Waals surface area (Å²) in [5, 5.41) is 18.1. The van der Waals surface area contributed by atoms with Crippen LogP contribution in [-0.2, 0) is 9.59 Å². The first kappa shape index (κ1) is 12.8. The zero-order valence-corrected chi connectivity index (χ0v) is 7.54. The molecule has 54 valence electrons. The summed E-state index contributed by atoms with van der Waals surface area (Å²) in [6.45, 7) is -0.626. The third-order valence-electron chi connectivity index (χ3n) is 0.552. The number of aliphatic carboxylic acids is 2. The van der Waals surface area contributed by atoms with Crippen molar-refractivity contribution >= 4 is 49.7 Å². The van der Waals surface area contributed by atoms with Crippen LogP contribution in [0.1, 0.15) is 0 Å². The summed E-state index contributed by atoms with van der Waals surface area (Å²) in [5.74, 6) is -2.12. The Kier molecular flexibility index (Phi) is 9.31. The molecule has 0 aromatic carbocycles. The second-order valence-corrected chi connectivity index (χ2v) is 1.39. The van der Waals surface area contributed by atoms with Crippen LogP contribution in [0.5, 0.6) is 0 Å². The molecule has 0 bridgehead atoms. The quantitative estimate of drug-likeness (QED) is 0.444. The summed E-state index contributed by atoms with van der Waals surface area (Å²) < 4.78 is 0. The molecule has 0 fully saturated rings. The maximum Gasteiger partial charge on any atom is 0.317 e. The molecule has 0 heterocycles. The van der Waals surface area contributed by atoms with E-state index in [0.29, 0.717) is 0 Å². The Morgan fingerprint density at radius 2 is 1.40 bits per heavy atom. The molecule has 0 unspecified atom stereocenters. The molecule has 0 aliphatic rings. The number of hydrogen-bond acceptors (Lipinski definition) is 3. The van der Waals surface area contributed by atoms with Gasteiger partial charge in [0.25, 0.3) is 0 Å². The number of nitrogens with one attached hydrogen (secondary N) is 1. The molecule has 3 N–H and O–H groups in total. The standard InChI is InChI=1S/C4H7NO4.Ca/c6-3(7)1-5-2-4(8)9;/h5H,1-2H2,(H,6,7)(H,8,9);. The third kappa shape index (κ3) is 11.0. The van der Waals surface area contributed by atoms with Gasteiger partial charge in [-0.3, -0.25) is 14.9 Å². The summed E-state index contributed by atoms with van der Waals surface area (Å²) in [7, 11) is 0. The molecule has 5 nitrogen and oxygen atoms in total. The van der Waals surface area contributed by atoms with Crippen LogP contribution < -0.4 is 5.32 Å². The van der Waals surface area contributed by atoms with Crippen molar-refractivity contribution in [3.05, 3.63) is 0 Å². The molecule has 0 saturated heterocycles. The summed E-state index contributed by atoms with van der Waals surface area (Å²) in [6, 6.07) is 0. The Morgan fingerprint density at radius 1 is 1.10 bits per heavy atom. The molecule has 0 spiro atoms. The average molecular weight is 173 g/mol. The van der Waals surface area contributed by atoms with E-state index in [1.807, 2.05) is 0 Å². The zero-order valence-electron chi connectivity index (χ0n) is 5.33. The molecule has 6 heteroatoms. The van der Waals surface area contributed by atoms with Gasteiger partial charge in [-0.1, -0.05) is 0 Å². The smallest absolute Gasteiger partial charge is 0.317 e. The fourth-order valence-corrected chi connectivity index (χ4v) is 0.276. The van der Waals surface area contributed by atoms with Crippen molar-refractivity contribution in [3.63, 3.8) is 0 Å². The molecule has 0 aromatic heterocycles. The molecule has 10 heavy (non-hydrogen) atoms. The fourth-order valence-electron chi connectivity index (χ4n) is 0.276. The van der Waals surface area contributed by atoms with E-state index >= 15 is 0 Å². The minimum Gasteiger partial charge on any atom is -0.480 e. The van der Waals surface area contributed by atoms with E-state index in [1.165, 1.54) is 0 Å². The molecular formula is C4H7CaNO4. The van der Waals surface area contributed by atoms with Crippen LogP contribution >= 0.6 is 0 Å².